The van der Waals surface area contributed by atoms with Crippen molar-refractivity contribution in [1.29, 1.82) is 0 Å². The summed E-state index contributed by atoms with van der Waals surface area (Å²) in [6.07, 6.45) is 33.2. The van der Waals surface area contributed by atoms with Crippen LogP contribution in [0.4, 0.5) is 0 Å². The third-order valence-corrected chi connectivity index (χ3v) is 24.5. The van der Waals surface area contributed by atoms with Crippen molar-refractivity contribution in [2.45, 2.75) is 390 Å². The summed E-state index contributed by atoms with van der Waals surface area (Å²) >= 11 is 0. The van der Waals surface area contributed by atoms with Gasteiger partial charge in [0.2, 0.25) is 23.6 Å². The van der Waals surface area contributed by atoms with Gasteiger partial charge in [-0.1, -0.05) is 199 Å². The summed E-state index contributed by atoms with van der Waals surface area (Å²) in [7, 11) is 0. The van der Waals surface area contributed by atoms with E-state index in [1.807, 2.05) is 6.92 Å². The van der Waals surface area contributed by atoms with Gasteiger partial charge in [0.05, 0.1) is 44.7 Å². The summed E-state index contributed by atoms with van der Waals surface area (Å²) in [4.78, 5) is 82.7. The van der Waals surface area contributed by atoms with Gasteiger partial charge in [-0.3, -0.25) is 28.8 Å². The SMILES string of the molecule is CCCCCCCCCCCCCCCCCCO[C@H](COCC)COC(=O)CCCOCCOCCC(=O)N[C@@H](CCCCCC(=O)CCCCOC1OC(CC)C(C)C(C)C1C)C(=O)N(CCCNC(=O)CCCCOC1OC(CC)C(C)C(C)C1C)CCCNC(=O)CCCCOC1OC(CC)C(C)C(C)C1C. The molecule has 650 valence electrons. The quantitative estimate of drug-likeness (QED) is 0.0378. The van der Waals surface area contributed by atoms with Crippen LogP contribution in [0.1, 0.15) is 341 Å². The van der Waals surface area contributed by atoms with Crippen LogP contribution in [0.3, 0.4) is 0 Å². The third-order valence-electron chi connectivity index (χ3n) is 24.5. The molecule has 3 aliphatic rings. The van der Waals surface area contributed by atoms with Crippen molar-refractivity contribution in [1.82, 2.24) is 20.9 Å². The zero-order valence-corrected chi connectivity index (χ0v) is 73.2. The van der Waals surface area contributed by atoms with Crippen molar-refractivity contribution in [2.24, 2.45) is 53.3 Å². The first-order valence-electron chi connectivity index (χ1n) is 45.7. The number of amides is 4. The lowest BCUT2D eigenvalue weighted by Crippen LogP contribution is -2.50. The number of unbranched alkanes of at least 4 members (excludes halogenated alkanes) is 20. The van der Waals surface area contributed by atoms with Crippen molar-refractivity contribution in [3.05, 3.63) is 0 Å². The standard InChI is InChI=1S/C90H168N4O17/c1-15-20-21-22-23-24-25-26-27-28-29-30-31-32-33-40-59-104-78(66-101-19-5)67-108-86(99)52-44-58-102-64-65-103-63-53-85(98)93-79(49-36-34-35-47-77(95)48-37-41-60-105-88-74(12)68(6)71(9)80(16-2)109-88)87(100)94(56-45-54-91-83(96)50-38-42-61-106-89-75(13)69(7)72(10)81(17-3)110-89)57-46-55-92-84(97)51-39-43-62-107-90-76(14)70(8)73(11)82(18-4)111-90/h68-76,78-82,88-90H,15-67H2,1-14H3,(H,91,96)(H,92,97)(H,93,98)/t68?,69?,70?,71?,72?,73?,74?,75?,76?,78-,79+,80?,81?,82?,88?,89?,90?/m1/s1. The summed E-state index contributed by atoms with van der Waals surface area (Å²) in [6, 6.07) is -0.855. The Kier molecular flexibility index (Phi) is 59.3. The van der Waals surface area contributed by atoms with Crippen molar-refractivity contribution < 1.29 is 80.9 Å². The Labute approximate surface area is 676 Å². The van der Waals surface area contributed by atoms with Gasteiger partial charge in [-0.25, -0.2) is 0 Å². The summed E-state index contributed by atoms with van der Waals surface area (Å²) in [6.45, 7) is 36.4. The van der Waals surface area contributed by atoms with Crippen LogP contribution in [-0.4, -0.2) is 188 Å². The molecule has 0 aliphatic carbocycles. The number of esters is 1. The highest BCUT2D eigenvalue weighted by Gasteiger charge is 2.41. The normalized spacial score (nSPS) is 24.6. The highest BCUT2D eigenvalue weighted by molar-refractivity contribution is 5.87. The smallest absolute Gasteiger partial charge is 0.305 e. The molecule has 0 aromatic heterocycles. The van der Waals surface area contributed by atoms with Gasteiger partial charge in [-0.05, 0) is 139 Å². The van der Waals surface area contributed by atoms with E-state index >= 15 is 0 Å². The number of rotatable bonds is 70. The zero-order valence-electron chi connectivity index (χ0n) is 73.2. The molecule has 21 nitrogen and oxygen atoms in total. The molecule has 3 rings (SSSR count). The Morgan fingerprint density at radius 2 is 0.766 bits per heavy atom. The Hall–Kier alpha value is -3.38. The van der Waals surface area contributed by atoms with Crippen LogP contribution in [0, 0.1) is 53.3 Å². The van der Waals surface area contributed by atoms with Crippen LogP contribution in [0.2, 0.25) is 0 Å². The first kappa shape index (κ1) is 102. The molecular weight excluding hydrogens is 1410 g/mol. The zero-order chi connectivity index (χ0) is 81.2. The first-order chi connectivity index (χ1) is 53.7. The summed E-state index contributed by atoms with van der Waals surface area (Å²) in [5, 5.41) is 9.16. The number of carbonyl (C=O) groups is 6. The summed E-state index contributed by atoms with van der Waals surface area (Å²) < 4.78 is 66.6. The van der Waals surface area contributed by atoms with Crippen LogP contribution in [0.5, 0.6) is 0 Å². The van der Waals surface area contributed by atoms with Crippen molar-refractivity contribution in [3.8, 4) is 0 Å². The molecule has 17 atom stereocenters. The van der Waals surface area contributed by atoms with Crippen LogP contribution in [0.25, 0.3) is 0 Å². The molecular formula is C90H168N4O17. The average molecular weight is 1580 g/mol. The number of Topliss-reactive ketones (excluding diaryl/α,β-unsaturated/α-hetero) is 1. The molecule has 0 aromatic carbocycles. The van der Waals surface area contributed by atoms with E-state index in [1.165, 1.54) is 89.9 Å². The van der Waals surface area contributed by atoms with E-state index in [1.54, 1.807) is 4.90 Å². The van der Waals surface area contributed by atoms with Gasteiger partial charge < -0.3 is 73.0 Å². The predicted molar refractivity (Wildman–Crippen MR) is 443 cm³/mol. The minimum absolute atomic E-state index is 0.0137. The van der Waals surface area contributed by atoms with Gasteiger partial charge in [-0.15, -0.1) is 0 Å². The fourth-order valence-electron chi connectivity index (χ4n) is 15.8. The lowest BCUT2D eigenvalue weighted by Gasteiger charge is -2.43. The van der Waals surface area contributed by atoms with Gasteiger partial charge in [0.15, 0.2) is 18.9 Å². The van der Waals surface area contributed by atoms with Crippen LogP contribution in [-0.2, 0) is 80.9 Å². The molecule has 21 heteroatoms. The van der Waals surface area contributed by atoms with Crippen molar-refractivity contribution in [2.75, 3.05) is 98.9 Å². The fourth-order valence-corrected chi connectivity index (χ4v) is 15.8. The largest absolute Gasteiger partial charge is 0.463 e. The maximum Gasteiger partial charge on any atom is 0.305 e. The van der Waals surface area contributed by atoms with Gasteiger partial charge >= 0.3 is 5.97 Å². The Morgan fingerprint density at radius 3 is 1.21 bits per heavy atom. The molecule has 0 aromatic rings. The third kappa shape index (κ3) is 45.2. The second-order valence-electron chi connectivity index (χ2n) is 33.3. The molecule has 3 N–H and O–H groups in total. The summed E-state index contributed by atoms with van der Waals surface area (Å²) in [5.41, 5.74) is 0. The second kappa shape index (κ2) is 64.7. The maximum absolute atomic E-state index is 14.9. The molecule has 15 unspecified atom stereocenters. The van der Waals surface area contributed by atoms with Crippen LogP contribution in [0.15, 0.2) is 0 Å². The molecule has 3 fully saturated rings. The van der Waals surface area contributed by atoms with Crippen molar-refractivity contribution >= 4 is 35.4 Å². The number of hydrogen-bond acceptors (Lipinski definition) is 17. The molecule has 0 bridgehead atoms. The van der Waals surface area contributed by atoms with E-state index in [0.29, 0.717) is 197 Å². The minimum atomic E-state index is -0.855. The van der Waals surface area contributed by atoms with Gasteiger partial charge in [0.25, 0.3) is 0 Å². The Balaban J connectivity index is 1.52. The van der Waals surface area contributed by atoms with E-state index in [9.17, 15) is 28.8 Å². The van der Waals surface area contributed by atoms with E-state index < -0.39 is 6.04 Å². The molecule has 3 aliphatic heterocycles. The average Bonchev–Trinajstić information content (AvgIpc) is 0.830. The minimum Gasteiger partial charge on any atom is -0.463 e. The van der Waals surface area contributed by atoms with E-state index in [4.69, 9.17) is 52.1 Å². The summed E-state index contributed by atoms with van der Waals surface area (Å²) in [5.74, 6) is 2.92. The van der Waals surface area contributed by atoms with E-state index in [2.05, 4.69) is 106 Å². The number of carbonyl (C=O) groups excluding carboxylic acids is 6. The molecule has 0 spiro atoms. The number of ether oxygens (including phenoxy) is 11. The molecule has 3 saturated heterocycles. The second-order valence-corrected chi connectivity index (χ2v) is 33.3. The van der Waals surface area contributed by atoms with E-state index in [-0.39, 0.29) is 130 Å². The predicted octanol–water partition coefficient (Wildman–Crippen LogP) is 18.0. The lowest BCUT2D eigenvalue weighted by molar-refractivity contribution is -0.248. The van der Waals surface area contributed by atoms with Gasteiger partial charge in [-0.2, -0.15) is 0 Å². The Bertz CT molecular complexity index is 2290. The molecule has 4 amide bonds. The van der Waals surface area contributed by atoms with Crippen molar-refractivity contribution in [3.63, 3.8) is 0 Å². The van der Waals surface area contributed by atoms with Gasteiger partial charge in [0.1, 0.15) is 24.5 Å². The molecule has 111 heavy (non-hydrogen) atoms. The maximum atomic E-state index is 14.9. The monoisotopic (exact) mass is 1580 g/mol. The molecule has 3 heterocycles. The molecule has 0 saturated carbocycles. The highest BCUT2D eigenvalue weighted by Crippen LogP contribution is 2.39. The van der Waals surface area contributed by atoms with Gasteiger partial charge in [0, 0.05) is 122 Å². The highest BCUT2D eigenvalue weighted by atomic mass is 16.7. The number of nitrogens with one attached hydrogen (secondary N) is 3. The molecule has 0 radical (unpaired) electrons. The number of ketones is 1. The fraction of sp³-hybridized carbons (Fsp3) is 0.933. The van der Waals surface area contributed by atoms with E-state index in [0.717, 1.165) is 57.8 Å². The van der Waals surface area contributed by atoms with Crippen LogP contribution >= 0.6 is 0 Å². The number of nitrogens with zero attached hydrogens (tertiary/aromatic N) is 1. The Morgan fingerprint density at radius 1 is 0.360 bits per heavy atom. The van der Waals surface area contributed by atoms with Crippen LogP contribution < -0.4 is 16.0 Å². The first-order valence-corrected chi connectivity index (χ1v) is 45.7. The topological polar surface area (TPSA) is 243 Å². The lowest BCUT2D eigenvalue weighted by atomic mass is 9.78. The number of hydrogen-bond donors (Lipinski definition) is 3.